The van der Waals surface area contributed by atoms with Crippen LogP contribution in [-0.2, 0) is 6.42 Å². The molecule has 0 bridgehead atoms. The zero-order chi connectivity index (χ0) is 16.2. The average molecular weight is 345 g/mol. The van der Waals surface area contributed by atoms with Crippen molar-refractivity contribution in [1.82, 2.24) is 4.90 Å². The summed E-state index contributed by atoms with van der Waals surface area (Å²) < 4.78 is 0. The first-order chi connectivity index (χ1) is 11.2. The monoisotopic (exact) mass is 344 g/mol. The number of benzene rings is 2. The first kappa shape index (κ1) is 16.3. The van der Waals surface area contributed by atoms with Crippen molar-refractivity contribution in [3.63, 3.8) is 0 Å². The lowest BCUT2D eigenvalue weighted by Gasteiger charge is -2.37. The van der Waals surface area contributed by atoms with Gasteiger partial charge in [-0.25, -0.2) is 0 Å². The van der Waals surface area contributed by atoms with E-state index < -0.39 is 0 Å². The minimum atomic E-state index is 0.788. The molecule has 0 atom stereocenters. The van der Waals surface area contributed by atoms with E-state index in [9.17, 15) is 0 Å². The molecule has 1 aliphatic heterocycles. The predicted molar refractivity (Wildman–Crippen MR) is 103 cm³/mol. The van der Waals surface area contributed by atoms with E-state index in [4.69, 9.17) is 23.8 Å². The van der Waals surface area contributed by atoms with Gasteiger partial charge in [-0.15, -0.1) is 0 Å². The van der Waals surface area contributed by atoms with Gasteiger partial charge in [-0.3, -0.25) is 0 Å². The maximum absolute atomic E-state index is 6.09. The van der Waals surface area contributed by atoms with Gasteiger partial charge in [-0.1, -0.05) is 61.1 Å². The molecule has 1 heterocycles. The van der Waals surface area contributed by atoms with E-state index in [1.807, 2.05) is 18.2 Å². The zero-order valence-electron chi connectivity index (χ0n) is 13.3. The Hall–Kier alpha value is -1.58. The van der Waals surface area contributed by atoms with E-state index >= 15 is 0 Å². The van der Waals surface area contributed by atoms with Crippen molar-refractivity contribution in [1.29, 1.82) is 0 Å². The van der Waals surface area contributed by atoms with Crippen molar-refractivity contribution in [2.24, 2.45) is 0 Å². The summed E-state index contributed by atoms with van der Waals surface area (Å²) in [6.07, 6.45) is 1.06. The summed E-state index contributed by atoms with van der Waals surface area (Å²) in [5.41, 5.74) is 3.69. The van der Waals surface area contributed by atoms with E-state index in [0.717, 1.165) is 48.2 Å². The number of hydrogen-bond acceptors (Lipinski definition) is 2. The second-order valence-electron chi connectivity index (χ2n) is 5.81. The molecule has 120 valence electrons. The average Bonchev–Trinajstić information content (AvgIpc) is 2.61. The van der Waals surface area contributed by atoms with Crippen LogP contribution < -0.4 is 4.90 Å². The molecule has 4 heteroatoms. The lowest BCUT2D eigenvalue weighted by atomic mass is 10.1. The van der Waals surface area contributed by atoms with Crippen molar-refractivity contribution >= 4 is 34.5 Å². The fraction of sp³-hybridized carbons (Fsp3) is 0.316. The van der Waals surface area contributed by atoms with E-state index in [-0.39, 0.29) is 0 Å². The number of aryl methyl sites for hydroxylation is 1. The molecule has 0 saturated carbocycles. The van der Waals surface area contributed by atoms with Crippen LogP contribution in [0.25, 0.3) is 0 Å². The molecule has 0 N–H and O–H groups in total. The summed E-state index contributed by atoms with van der Waals surface area (Å²) in [5, 5.41) is 0.788. The van der Waals surface area contributed by atoms with Gasteiger partial charge in [0.15, 0.2) is 0 Å². The molecule has 0 spiro atoms. The van der Waals surface area contributed by atoms with Crippen LogP contribution in [0.1, 0.15) is 18.1 Å². The van der Waals surface area contributed by atoms with Crippen LogP contribution in [-0.4, -0.2) is 36.1 Å². The highest BCUT2D eigenvalue weighted by molar-refractivity contribution is 7.80. The molecule has 0 unspecified atom stereocenters. The number of piperazine rings is 1. The Balaban J connectivity index is 1.62. The molecule has 2 aromatic carbocycles. The molecule has 2 nitrogen and oxygen atoms in total. The van der Waals surface area contributed by atoms with Gasteiger partial charge in [0, 0.05) is 42.5 Å². The summed E-state index contributed by atoms with van der Waals surface area (Å²) in [6.45, 7) is 5.99. The summed E-state index contributed by atoms with van der Waals surface area (Å²) >= 11 is 11.8. The van der Waals surface area contributed by atoms with Gasteiger partial charge in [0.05, 0.1) is 0 Å². The first-order valence-electron chi connectivity index (χ1n) is 8.06. The molecule has 1 aliphatic rings. The van der Waals surface area contributed by atoms with Crippen LogP contribution in [0.3, 0.4) is 0 Å². The maximum Gasteiger partial charge on any atom is 0.109 e. The summed E-state index contributed by atoms with van der Waals surface area (Å²) in [7, 11) is 0. The van der Waals surface area contributed by atoms with Gasteiger partial charge in [0.25, 0.3) is 0 Å². The van der Waals surface area contributed by atoms with Gasteiger partial charge in [0.1, 0.15) is 4.99 Å². The fourth-order valence-corrected chi connectivity index (χ4v) is 3.41. The number of halogens is 1. The number of thiocarbonyl (C=S) groups is 1. The SMILES string of the molecule is CCc1ccc(C(=S)N2CCN(c3cccc(Cl)c3)CC2)cc1. The third-order valence-corrected chi connectivity index (χ3v) is 5.08. The predicted octanol–water partition coefficient (Wildman–Crippen LogP) is 4.40. The number of rotatable bonds is 3. The molecule has 0 radical (unpaired) electrons. The Morgan fingerprint density at radius 2 is 1.74 bits per heavy atom. The van der Waals surface area contributed by atoms with Crippen LogP contribution in [0.4, 0.5) is 5.69 Å². The number of nitrogens with zero attached hydrogens (tertiary/aromatic N) is 2. The molecular weight excluding hydrogens is 324 g/mol. The maximum atomic E-state index is 6.09. The van der Waals surface area contributed by atoms with Gasteiger partial charge in [0.2, 0.25) is 0 Å². The minimum Gasteiger partial charge on any atom is -0.368 e. The largest absolute Gasteiger partial charge is 0.368 e. The molecule has 1 saturated heterocycles. The molecular formula is C19H21ClN2S. The highest BCUT2D eigenvalue weighted by Crippen LogP contribution is 2.21. The van der Waals surface area contributed by atoms with Crippen molar-refractivity contribution in [3.8, 4) is 0 Å². The zero-order valence-corrected chi connectivity index (χ0v) is 14.9. The standard InChI is InChI=1S/C19H21ClN2S/c1-2-15-6-8-16(9-7-15)19(23)22-12-10-21(11-13-22)18-5-3-4-17(20)14-18/h3-9,14H,2,10-13H2,1H3. The quantitative estimate of drug-likeness (QED) is 0.762. The minimum absolute atomic E-state index is 0.788. The fourth-order valence-electron chi connectivity index (χ4n) is 2.91. The Labute approximate surface area is 148 Å². The van der Waals surface area contributed by atoms with Crippen molar-refractivity contribution in [2.75, 3.05) is 31.1 Å². The van der Waals surface area contributed by atoms with Gasteiger partial charge in [-0.2, -0.15) is 0 Å². The molecule has 2 aromatic rings. The van der Waals surface area contributed by atoms with Crippen LogP contribution >= 0.6 is 23.8 Å². The van der Waals surface area contributed by atoms with Crippen LogP contribution in [0.5, 0.6) is 0 Å². The molecule has 0 aromatic heterocycles. The van der Waals surface area contributed by atoms with E-state index in [2.05, 4.69) is 47.1 Å². The lowest BCUT2D eigenvalue weighted by Crippen LogP contribution is -2.48. The second-order valence-corrected chi connectivity index (χ2v) is 6.63. The summed E-state index contributed by atoms with van der Waals surface area (Å²) in [5.74, 6) is 0. The first-order valence-corrected chi connectivity index (χ1v) is 8.84. The molecule has 0 amide bonds. The number of anilines is 1. The van der Waals surface area contributed by atoms with Crippen LogP contribution in [0.15, 0.2) is 48.5 Å². The summed E-state index contributed by atoms with van der Waals surface area (Å²) in [4.78, 5) is 5.63. The van der Waals surface area contributed by atoms with Crippen LogP contribution in [0.2, 0.25) is 5.02 Å². The van der Waals surface area contributed by atoms with Gasteiger partial charge < -0.3 is 9.80 Å². The highest BCUT2D eigenvalue weighted by Gasteiger charge is 2.20. The Morgan fingerprint density at radius 3 is 2.35 bits per heavy atom. The highest BCUT2D eigenvalue weighted by atomic mass is 35.5. The summed E-state index contributed by atoms with van der Waals surface area (Å²) in [6, 6.07) is 16.7. The van der Waals surface area contributed by atoms with E-state index in [1.54, 1.807) is 0 Å². The third kappa shape index (κ3) is 3.85. The van der Waals surface area contributed by atoms with Gasteiger partial charge >= 0.3 is 0 Å². The van der Waals surface area contributed by atoms with Crippen molar-refractivity contribution < 1.29 is 0 Å². The molecule has 1 fully saturated rings. The third-order valence-electron chi connectivity index (χ3n) is 4.35. The smallest absolute Gasteiger partial charge is 0.109 e. The molecule has 0 aliphatic carbocycles. The lowest BCUT2D eigenvalue weighted by molar-refractivity contribution is 0.392. The van der Waals surface area contributed by atoms with Gasteiger partial charge in [-0.05, 0) is 30.2 Å². The molecule has 23 heavy (non-hydrogen) atoms. The number of hydrogen-bond donors (Lipinski definition) is 0. The Bertz CT molecular complexity index is 676. The van der Waals surface area contributed by atoms with Crippen molar-refractivity contribution in [3.05, 3.63) is 64.7 Å². The van der Waals surface area contributed by atoms with Crippen LogP contribution in [0, 0.1) is 0 Å². The normalized spacial score (nSPS) is 14.9. The second kappa shape index (κ2) is 7.33. The van der Waals surface area contributed by atoms with Crippen molar-refractivity contribution in [2.45, 2.75) is 13.3 Å². The Kier molecular flexibility index (Phi) is 5.19. The van der Waals surface area contributed by atoms with E-state index in [0.29, 0.717) is 0 Å². The molecule has 3 rings (SSSR count). The van der Waals surface area contributed by atoms with E-state index in [1.165, 1.54) is 11.3 Å². The topological polar surface area (TPSA) is 6.48 Å². The Morgan fingerprint density at radius 1 is 1.04 bits per heavy atom.